The molecule has 2 rings (SSSR count). The van der Waals surface area contributed by atoms with Gasteiger partial charge in [0.25, 0.3) is 0 Å². The van der Waals surface area contributed by atoms with Gasteiger partial charge in [0.15, 0.2) is 0 Å². The number of aliphatic imine (C=N–C) groups is 1. The predicted molar refractivity (Wildman–Crippen MR) is 70.8 cm³/mol. The molecule has 0 atom stereocenters. The molecule has 0 radical (unpaired) electrons. The molecule has 0 saturated carbocycles. The van der Waals surface area contributed by atoms with Crippen LogP contribution in [0.25, 0.3) is 0 Å². The highest BCUT2D eigenvalue weighted by Crippen LogP contribution is 2.17. The van der Waals surface area contributed by atoms with E-state index in [1.807, 2.05) is 48.5 Å². The monoisotopic (exact) mass is 248 g/mol. The van der Waals surface area contributed by atoms with E-state index in [-0.39, 0.29) is 0 Å². The van der Waals surface area contributed by atoms with Gasteiger partial charge in [-0.25, -0.2) is 4.68 Å². The second-order valence-electron chi connectivity index (χ2n) is 3.51. The van der Waals surface area contributed by atoms with E-state index >= 15 is 0 Å². The highest BCUT2D eigenvalue weighted by molar-refractivity contribution is 6.30. The van der Waals surface area contributed by atoms with Gasteiger partial charge in [0.1, 0.15) is 0 Å². The molecule has 1 heterocycles. The molecule has 5 heteroatoms. The minimum atomic E-state index is 0.719. The summed E-state index contributed by atoms with van der Waals surface area (Å²) in [5.41, 5.74) is 1.01. The first-order valence-corrected chi connectivity index (χ1v) is 5.56. The molecular formula is C12H13ClN4. The third-order valence-electron chi connectivity index (χ3n) is 2.42. The second kappa shape index (κ2) is 5.01. The minimum Gasteiger partial charge on any atom is -0.314 e. The molecule has 0 aliphatic rings. The van der Waals surface area contributed by atoms with E-state index in [1.165, 1.54) is 0 Å². The molecule has 0 saturated heterocycles. The average molecular weight is 249 g/mol. The zero-order valence-corrected chi connectivity index (χ0v) is 10.5. The van der Waals surface area contributed by atoms with Gasteiger partial charge in [0.2, 0.25) is 5.96 Å². The molecule has 1 aromatic heterocycles. The van der Waals surface area contributed by atoms with Crippen LogP contribution in [-0.4, -0.2) is 29.8 Å². The average Bonchev–Trinajstić information content (AvgIpc) is 2.84. The molecule has 0 unspecified atom stereocenters. The summed E-state index contributed by atoms with van der Waals surface area (Å²) in [6.07, 6.45) is 3.58. The molecule has 0 fully saturated rings. The molecule has 17 heavy (non-hydrogen) atoms. The van der Waals surface area contributed by atoms with E-state index in [2.05, 4.69) is 10.1 Å². The summed E-state index contributed by atoms with van der Waals surface area (Å²) in [6, 6.07) is 9.45. The Bertz CT molecular complexity index is 502. The number of rotatable bonds is 1. The lowest BCUT2D eigenvalue weighted by Crippen LogP contribution is -2.33. The minimum absolute atomic E-state index is 0.719. The van der Waals surface area contributed by atoms with E-state index in [0.717, 1.165) is 16.7 Å². The van der Waals surface area contributed by atoms with Crippen LogP contribution in [-0.2, 0) is 0 Å². The van der Waals surface area contributed by atoms with Gasteiger partial charge in [-0.1, -0.05) is 11.6 Å². The summed E-state index contributed by atoms with van der Waals surface area (Å²) in [5.74, 6) is 0.748. The van der Waals surface area contributed by atoms with Crippen LogP contribution in [0.3, 0.4) is 0 Å². The lowest BCUT2D eigenvalue weighted by Gasteiger charge is -2.20. The van der Waals surface area contributed by atoms with E-state index in [1.54, 1.807) is 17.9 Å². The number of hydrogen-bond acceptors (Lipinski definition) is 2. The van der Waals surface area contributed by atoms with E-state index < -0.39 is 0 Å². The van der Waals surface area contributed by atoms with Crippen LogP contribution in [0, 0.1) is 0 Å². The summed E-state index contributed by atoms with van der Waals surface area (Å²) in [7, 11) is 3.68. The third-order valence-corrected chi connectivity index (χ3v) is 2.68. The zero-order chi connectivity index (χ0) is 12.3. The first kappa shape index (κ1) is 11.7. The Labute approximate surface area is 105 Å². The molecule has 1 aromatic carbocycles. The number of hydrogen-bond donors (Lipinski definition) is 0. The van der Waals surface area contributed by atoms with E-state index in [4.69, 9.17) is 11.6 Å². The molecule has 0 spiro atoms. The van der Waals surface area contributed by atoms with Crippen molar-refractivity contribution in [2.75, 3.05) is 19.0 Å². The molecule has 2 aromatic rings. The van der Waals surface area contributed by atoms with Crippen molar-refractivity contribution in [3.8, 4) is 0 Å². The van der Waals surface area contributed by atoms with Crippen molar-refractivity contribution in [3.05, 3.63) is 47.7 Å². The SMILES string of the molecule is CN=C(N(C)c1ccc(Cl)cc1)n1cccn1. The van der Waals surface area contributed by atoms with Crippen molar-refractivity contribution in [1.82, 2.24) is 9.78 Å². The van der Waals surface area contributed by atoms with Crippen molar-refractivity contribution in [1.29, 1.82) is 0 Å². The van der Waals surface area contributed by atoms with Crippen LogP contribution in [0.4, 0.5) is 5.69 Å². The summed E-state index contributed by atoms with van der Waals surface area (Å²) in [6.45, 7) is 0. The lowest BCUT2D eigenvalue weighted by molar-refractivity contribution is 0.898. The maximum absolute atomic E-state index is 5.86. The van der Waals surface area contributed by atoms with Crippen LogP contribution < -0.4 is 4.90 Å². The number of nitrogens with zero attached hydrogens (tertiary/aromatic N) is 4. The lowest BCUT2D eigenvalue weighted by atomic mass is 10.3. The number of aromatic nitrogens is 2. The van der Waals surface area contributed by atoms with Gasteiger partial charge in [-0.05, 0) is 30.3 Å². The first-order valence-electron chi connectivity index (χ1n) is 5.18. The Kier molecular flexibility index (Phi) is 3.44. The van der Waals surface area contributed by atoms with Crippen LogP contribution in [0.2, 0.25) is 5.02 Å². The highest BCUT2D eigenvalue weighted by atomic mass is 35.5. The molecular weight excluding hydrogens is 236 g/mol. The number of benzene rings is 1. The fourth-order valence-electron chi connectivity index (χ4n) is 1.57. The van der Waals surface area contributed by atoms with Crippen molar-refractivity contribution in [3.63, 3.8) is 0 Å². The Hall–Kier alpha value is -1.81. The van der Waals surface area contributed by atoms with Crippen molar-refractivity contribution >= 4 is 23.2 Å². The van der Waals surface area contributed by atoms with Crippen molar-refractivity contribution in [2.24, 2.45) is 4.99 Å². The quantitative estimate of drug-likeness (QED) is 0.574. The summed E-state index contributed by atoms with van der Waals surface area (Å²) in [4.78, 5) is 6.19. The predicted octanol–water partition coefficient (Wildman–Crippen LogP) is 2.51. The Morgan fingerprint density at radius 3 is 2.59 bits per heavy atom. The van der Waals surface area contributed by atoms with Gasteiger partial charge in [0, 0.05) is 37.2 Å². The molecule has 88 valence electrons. The maximum Gasteiger partial charge on any atom is 0.225 e. The van der Waals surface area contributed by atoms with Crippen LogP contribution in [0.5, 0.6) is 0 Å². The van der Waals surface area contributed by atoms with Crippen molar-refractivity contribution < 1.29 is 0 Å². The van der Waals surface area contributed by atoms with E-state index in [9.17, 15) is 0 Å². The van der Waals surface area contributed by atoms with Gasteiger partial charge >= 0.3 is 0 Å². The van der Waals surface area contributed by atoms with Gasteiger partial charge in [-0.2, -0.15) is 5.10 Å². The van der Waals surface area contributed by atoms with Crippen LogP contribution >= 0.6 is 11.6 Å². The zero-order valence-electron chi connectivity index (χ0n) is 9.71. The van der Waals surface area contributed by atoms with Gasteiger partial charge < -0.3 is 4.90 Å². The number of anilines is 1. The van der Waals surface area contributed by atoms with E-state index in [0.29, 0.717) is 0 Å². The molecule has 0 bridgehead atoms. The van der Waals surface area contributed by atoms with Crippen molar-refractivity contribution in [2.45, 2.75) is 0 Å². The molecule has 0 N–H and O–H groups in total. The summed E-state index contributed by atoms with van der Waals surface area (Å²) < 4.78 is 1.72. The summed E-state index contributed by atoms with van der Waals surface area (Å²) >= 11 is 5.86. The maximum atomic E-state index is 5.86. The number of halogens is 1. The third kappa shape index (κ3) is 2.47. The Balaban J connectivity index is 2.30. The highest BCUT2D eigenvalue weighted by Gasteiger charge is 2.10. The normalized spacial score (nSPS) is 11.6. The molecule has 0 aliphatic carbocycles. The van der Waals surface area contributed by atoms with Crippen LogP contribution in [0.1, 0.15) is 0 Å². The smallest absolute Gasteiger partial charge is 0.225 e. The summed E-state index contributed by atoms with van der Waals surface area (Å²) in [5, 5.41) is 4.89. The van der Waals surface area contributed by atoms with Gasteiger partial charge in [0.05, 0.1) is 0 Å². The largest absolute Gasteiger partial charge is 0.314 e. The van der Waals surface area contributed by atoms with Crippen LogP contribution in [0.15, 0.2) is 47.7 Å². The topological polar surface area (TPSA) is 33.4 Å². The molecule has 0 aliphatic heterocycles. The van der Waals surface area contributed by atoms with Gasteiger partial charge in [-0.3, -0.25) is 4.99 Å². The molecule has 0 amide bonds. The second-order valence-corrected chi connectivity index (χ2v) is 3.95. The fourth-order valence-corrected chi connectivity index (χ4v) is 1.70. The van der Waals surface area contributed by atoms with Gasteiger partial charge in [-0.15, -0.1) is 0 Å². The Morgan fingerprint density at radius 2 is 2.06 bits per heavy atom. The Morgan fingerprint density at radius 1 is 1.35 bits per heavy atom. The fraction of sp³-hybridized carbons (Fsp3) is 0.167. The molecule has 4 nitrogen and oxygen atoms in total. The standard InChI is InChI=1S/C12H13ClN4/c1-14-12(17-9-3-8-15-17)16(2)11-6-4-10(13)5-7-11/h3-9H,1-2H3. The first-order chi connectivity index (χ1) is 8.22.